The van der Waals surface area contributed by atoms with Crippen LogP contribution in [0.4, 0.5) is 13.2 Å². The average Bonchev–Trinajstić information content (AvgIpc) is 3.96. The number of fused-ring (bicyclic) bond motifs is 1. The Bertz CT molecular complexity index is 2160. The van der Waals surface area contributed by atoms with Gasteiger partial charge in [0.1, 0.15) is 35.6 Å². The van der Waals surface area contributed by atoms with Crippen LogP contribution in [-0.2, 0) is 28.6 Å². The fourth-order valence-electron chi connectivity index (χ4n) is 6.24. The van der Waals surface area contributed by atoms with Crippen molar-refractivity contribution in [3.63, 3.8) is 0 Å². The van der Waals surface area contributed by atoms with Crippen LogP contribution in [0, 0.1) is 28.2 Å². The van der Waals surface area contributed by atoms with Crippen LogP contribution in [0.2, 0.25) is 0 Å². The fraction of sp³-hybridized carbons (Fsp3) is 0.256. The molecule has 4 aromatic rings. The van der Waals surface area contributed by atoms with E-state index in [1.165, 1.54) is 18.2 Å². The quantitative estimate of drug-likeness (QED) is 0.0793. The maximum Gasteiger partial charge on any atom is 0.329 e. The highest BCUT2D eigenvalue weighted by atomic mass is 127. The molecule has 0 bridgehead atoms. The number of hydrogen-bond acceptors (Lipinski definition) is 12. The van der Waals surface area contributed by atoms with E-state index in [1.807, 2.05) is 74.7 Å². The van der Waals surface area contributed by atoms with Crippen LogP contribution in [0.3, 0.4) is 0 Å². The first-order valence-electron chi connectivity index (χ1n) is 17.6. The van der Waals surface area contributed by atoms with E-state index in [2.05, 4.69) is 16.0 Å². The van der Waals surface area contributed by atoms with E-state index >= 15 is 0 Å². The van der Waals surface area contributed by atoms with Gasteiger partial charge < -0.3 is 19.9 Å². The molecule has 0 aliphatic carbocycles. The second-order valence-electron chi connectivity index (χ2n) is 13.0. The number of nitrogens with zero attached hydrogens (tertiary/aromatic N) is 1. The number of nitrogens with two attached hydrogens (primary N) is 1. The monoisotopic (exact) mass is 1140 g/mol. The Balaban J connectivity index is 0.000000154. The first kappa shape index (κ1) is 43.8. The molecule has 0 spiro atoms. The number of ether oxygens (including phenoxy) is 3. The van der Waals surface area contributed by atoms with E-state index in [9.17, 15) is 37.1 Å². The lowest BCUT2D eigenvalue weighted by molar-refractivity contribution is -0.143. The molecule has 19 heteroatoms. The molecule has 0 aromatic heterocycles. The van der Waals surface area contributed by atoms with Crippen LogP contribution in [0.5, 0.6) is 0 Å². The molecule has 4 aromatic carbocycles. The predicted octanol–water partition coefficient (Wildman–Crippen LogP) is 5.50. The molecule has 5 N–H and O–H groups in total. The molecule has 8 rings (SSSR count). The largest absolute Gasteiger partial charge is 0.445 e. The van der Waals surface area contributed by atoms with Gasteiger partial charge in [-0.25, -0.2) is 27.6 Å². The molecule has 58 heavy (non-hydrogen) atoms. The number of hydrogen-bond donors (Lipinski definition) is 4. The predicted molar refractivity (Wildman–Crippen MR) is 226 cm³/mol. The van der Waals surface area contributed by atoms with Gasteiger partial charge in [0, 0.05) is 17.3 Å². The van der Waals surface area contributed by atoms with Gasteiger partial charge in [-0.05, 0) is 139 Å². The van der Waals surface area contributed by atoms with Crippen LogP contribution in [0.15, 0.2) is 78.9 Å². The number of amides is 2. The van der Waals surface area contributed by atoms with Crippen molar-refractivity contribution in [3.05, 3.63) is 135 Å². The number of esters is 3. The second-order valence-corrected chi connectivity index (χ2v) is 16.5. The molecule has 0 radical (unpaired) electrons. The molecule has 6 atom stereocenters. The maximum atomic E-state index is 13.8. The molecule has 4 aliphatic rings. The van der Waals surface area contributed by atoms with Crippen LogP contribution >= 0.6 is 67.8 Å². The van der Waals surface area contributed by atoms with E-state index < -0.39 is 60.2 Å². The highest BCUT2D eigenvalue weighted by molar-refractivity contribution is 14.1. The van der Waals surface area contributed by atoms with Crippen molar-refractivity contribution in [2.24, 2.45) is 5.73 Å². The van der Waals surface area contributed by atoms with Crippen molar-refractivity contribution in [3.8, 4) is 0 Å². The first-order chi connectivity index (χ1) is 27.7. The standard InChI is InChI=1S/C18H12FIN2O4.C11H11FINO2.C10H10FIN2O2/c19-12-7-9(5-6-13(12)20)15-18(25)26-14(21-15)8-22-16(23)10-3-1-2-4-11(10)17(22)24;1-2-9-14-10(11(15)16-9)6-3-4-8(13)7(12)5-6;11-6-3-5(1-2-7(6)12)9-10(15)16-8(4-13)14-9/h1-7,14-15,21H,8H2;3-5,9-10,14H,2H2,1H3;1-3,8-9,14H,4,13H2/t14-,15?;9-,10?;8-,9?/m000/s1. The summed E-state index contributed by atoms with van der Waals surface area (Å²) >= 11 is 5.66. The molecule has 304 valence electrons. The molecule has 0 saturated carbocycles. The van der Waals surface area contributed by atoms with Crippen LogP contribution in [0.25, 0.3) is 0 Å². The zero-order valence-electron chi connectivity index (χ0n) is 30.1. The molecule has 13 nitrogen and oxygen atoms in total. The van der Waals surface area contributed by atoms with E-state index in [0.29, 0.717) is 44.9 Å². The summed E-state index contributed by atoms with van der Waals surface area (Å²) in [5, 5.41) is 8.81. The number of halogens is 6. The SMILES string of the molecule is CC[C@H]1NC(c2ccc(I)c(F)c2)C(=O)O1.NC[C@H]1NC(c2ccc(I)c(F)c2)C(=O)O1.O=C1O[C@@H](CN2C(=O)c3ccccc3C2=O)NC1c1ccc(I)c(F)c1. The van der Waals surface area contributed by atoms with Crippen molar-refractivity contribution in [1.82, 2.24) is 20.9 Å². The Labute approximate surface area is 370 Å². The van der Waals surface area contributed by atoms with E-state index in [1.54, 1.807) is 60.7 Å². The average molecular weight is 1140 g/mol. The highest BCUT2D eigenvalue weighted by Crippen LogP contribution is 2.29. The zero-order valence-corrected chi connectivity index (χ0v) is 36.6. The topological polar surface area (TPSA) is 178 Å². The third kappa shape index (κ3) is 9.81. The minimum Gasteiger partial charge on any atom is -0.445 e. The van der Waals surface area contributed by atoms with Gasteiger partial charge in [-0.3, -0.25) is 30.4 Å². The summed E-state index contributed by atoms with van der Waals surface area (Å²) in [6.07, 6.45) is -0.897. The normalized spacial score (nSPS) is 23.4. The van der Waals surface area contributed by atoms with Gasteiger partial charge in [0.25, 0.3) is 11.8 Å². The summed E-state index contributed by atoms with van der Waals surface area (Å²) in [4.78, 5) is 61.0. The Hall–Kier alpha value is -3.75. The zero-order chi connectivity index (χ0) is 41.8. The lowest BCUT2D eigenvalue weighted by Crippen LogP contribution is -2.41. The summed E-state index contributed by atoms with van der Waals surface area (Å²) in [6.45, 7) is 2.01. The van der Waals surface area contributed by atoms with Crippen LogP contribution < -0.4 is 21.7 Å². The third-order valence-electron chi connectivity index (χ3n) is 9.18. The molecular formula is C39H33F3I3N5O8. The third-order valence-corrected chi connectivity index (χ3v) is 11.8. The minimum absolute atomic E-state index is 0.110. The Morgan fingerprint density at radius 1 is 0.586 bits per heavy atom. The summed E-state index contributed by atoms with van der Waals surface area (Å²) in [6, 6.07) is 18.4. The molecule has 3 unspecified atom stereocenters. The van der Waals surface area contributed by atoms with Gasteiger partial charge in [-0.2, -0.15) is 0 Å². The van der Waals surface area contributed by atoms with Gasteiger partial charge in [0.15, 0.2) is 18.7 Å². The number of nitrogens with one attached hydrogen (secondary N) is 3. The van der Waals surface area contributed by atoms with Gasteiger partial charge in [-0.15, -0.1) is 0 Å². The van der Waals surface area contributed by atoms with Gasteiger partial charge >= 0.3 is 17.9 Å². The van der Waals surface area contributed by atoms with E-state index in [4.69, 9.17) is 19.9 Å². The molecular weight excluding hydrogens is 1100 g/mol. The van der Waals surface area contributed by atoms with E-state index in [0.717, 1.165) is 4.90 Å². The highest BCUT2D eigenvalue weighted by Gasteiger charge is 2.42. The Morgan fingerprint density at radius 3 is 1.29 bits per heavy atom. The Kier molecular flexibility index (Phi) is 14.4. The smallest absolute Gasteiger partial charge is 0.329 e. The van der Waals surface area contributed by atoms with E-state index in [-0.39, 0.29) is 36.9 Å². The lowest BCUT2D eigenvalue weighted by Gasteiger charge is -2.18. The van der Waals surface area contributed by atoms with Crippen molar-refractivity contribution in [2.45, 2.75) is 50.2 Å². The van der Waals surface area contributed by atoms with Gasteiger partial charge in [-0.1, -0.05) is 37.3 Å². The summed E-state index contributed by atoms with van der Waals surface area (Å²) < 4.78 is 57.2. The molecule has 3 saturated heterocycles. The van der Waals surface area contributed by atoms with Gasteiger partial charge in [0.2, 0.25) is 0 Å². The number of rotatable bonds is 7. The minimum atomic E-state index is -0.850. The van der Waals surface area contributed by atoms with Crippen LogP contribution in [-0.4, -0.2) is 66.4 Å². The number of carbonyl (C=O) groups is 5. The number of imide groups is 1. The number of benzene rings is 4. The fourth-order valence-corrected chi connectivity index (χ4v) is 7.25. The Morgan fingerprint density at radius 2 is 0.948 bits per heavy atom. The summed E-state index contributed by atoms with van der Waals surface area (Å²) in [5.41, 5.74) is 7.63. The molecule has 3 fully saturated rings. The molecule has 4 heterocycles. The van der Waals surface area contributed by atoms with Crippen molar-refractivity contribution < 1.29 is 51.4 Å². The van der Waals surface area contributed by atoms with Crippen molar-refractivity contribution in [2.75, 3.05) is 13.1 Å². The van der Waals surface area contributed by atoms with Crippen molar-refractivity contribution in [1.29, 1.82) is 0 Å². The van der Waals surface area contributed by atoms with Gasteiger partial charge in [0.05, 0.1) is 17.7 Å². The summed E-state index contributed by atoms with van der Waals surface area (Å²) in [7, 11) is 0. The first-order valence-corrected chi connectivity index (χ1v) is 20.8. The molecule has 4 aliphatic heterocycles. The van der Waals surface area contributed by atoms with Crippen molar-refractivity contribution >= 4 is 97.5 Å². The maximum absolute atomic E-state index is 13.8. The number of carbonyl (C=O) groups excluding carboxylic acids is 5. The lowest BCUT2D eigenvalue weighted by atomic mass is 10.1. The molecule has 2 amide bonds. The number of cyclic esters (lactones) is 3. The second kappa shape index (κ2) is 19.1. The summed E-state index contributed by atoms with van der Waals surface area (Å²) in [5.74, 6) is -3.27. The van der Waals surface area contributed by atoms with Crippen LogP contribution in [0.1, 0.15) is 68.9 Å².